The SMILES string of the molecule is CS(=O)(=O)c1cccc2[nH]c(C3CCCCCN3)nc12. The van der Waals surface area contributed by atoms with Crippen molar-refractivity contribution in [3.05, 3.63) is 24.0 Å². The zero-order valence-corrected chi connectivity index (χ0v) is 12.3. The first-order chi connectivity index (χ1) is 9.55. The molecule has 1 aromatic heterocycles. The van der Waals surface area contributed by atoms with Gasteiger partial charge >= 0.3 is 0 Å². The summed E-state index contributed by atoms with van der Waals surface area (Å²) < 4.78 is 23.6. The monoisotopic (exact) mass is 293 g/mol. The molecule has 0 bridgehead atoms. The fraction of sp³-hybridized carbons (Fsp3) is 0.500. The van der Waals surface area contributed by atoms with Crippen LogP contribution in [0.15, 0.2) is 23.1 Å². The van der Waals surface area contributed by atoms with Crippen molar-refractivity contribution in [2.45, 2.75) is 36.6 Å². The van der Waals surface area contributed by atoms with Crippen LogP contribution < -0.4 is 5.32 Å². The van der Waals surface area contributed by atoms with E-state index in [-0.39, 0.29) is 6.04 Å². The molecule has 1 saturated heterocycles. The zero-order valence-electron chi connectivity index (χ0n) is 11.5. The summed E-state index contributed by atoms with van der Waals surface area (Å²) in [4.78, 5) is 8.11. The molecule has 1 fully saturated rings. The highest BCUT2D eigenvalue weighted by Gasteiger charge is 2.20. The van der Waals surface area contributed by atoms with Gasteiger partial charge in [0.2, 0.25) is 0 Å². The lowest BCUT2D eigenvalue weighted by atomic mass is 10.1. The molecule has 20 heavy (non-hydrogen) atoms. The second-order valence-electron chi connectivity index (χ2n) is 5.40. The first kappa shape index (κ1) is 13.6. The molecule has 1 aromatic carbocycles. The van der Waals surface area contributed by atoms with E-state index in [1.54, 1.807) is 12.1 Å². The quantitative estimate of drug-likeness (QED) is 0.890. The van der Waals surface area contributed by atoms with Gasteiger partial charge in [-0.1, -0.05) is 18.9 Å². The largest absolute Gasteiger partial charge is 0.341 e. The van der Waals surface area contributed by atoms with E-state index in [1.165, 1.54) is 25.5 Å². The van der Waals surface area contributed by atoms with Gasteiger partial charge in [-0.15, -0.1) is 0 Å². The normalized spacial score (nSPS) is 20.9. The number of fused-ring (bicyclic) bond motifs is 1. The molecule has 6 heteroatoms. The van der Waals surface area contributed by atoms with Gasteiger partial charge in [-0.25, -0.2) is 13.4 Å². The predicted molar refractivity (Wildman–Crippen MR) is 78.4 cm³/mol. The average molecular weight is 293 g/mol. The zero-order chi connectivity index (χ0) is 14.2. The Labute approximate surface area is 118 Å². The second kappa shape index (κ2) is 5.18. The fourth-order valence-electron chi connectivity index (χ4n) is 2.75. The molecule has 1 unspecified atom stereocenters. The third-order valence-corrected chi connectivity index (χ3v) is 4.91. The van der Waals surface area contributed by atoms with Crippen molar-refractivity contribution in [2.24, 2.45) is 0 Å². The van der Waals surface area contributed by atoms with Crippen LogP contribution in [0.2, 0.25) is 0 Å². The van der Waals surface area contributed by atoms with Gasteiger partial charge in [0.25, 0.3) is 0 Å². The molecule has 0 aliphatic carbocycles. The van der Waals surface area contributed by atoms with Crippen LogP contribution >= 0.6 is 0 Å². The van der Waals surface area contributed by atoms with Crippen LogP contribution in [0.3, 0.4) is 0 Å². The summed E-state index contributed by atoms with van der Waals surface area (Å²) in [6.07, 6.45) is 5.85. The van der Waals surface area contributed by atoms with Crippen LogP contribution in [0.1, 0.15) is 37.5 Å². The molecule has 5 nitrogen and oxygen atoms in total. The van der Waals surface area contributed by atoms with E-state index in [4.69, 9.17) is 0 Å². The minimum Gasteiger partial charge on any atom is -0.341 e. The van der Waals surface area contributed by atoms with Crippen molar-refractivity contribution < 1.29 is 8.42 Å². The van der Waals surface area contributed by atoms with Gasteiger partial charge in [-0.2, -0.15) is 0 Å². The van der Waals surface area contributed by atoms with Crippen molar-refractivity contribution in [3.8, 4) is 0 Å². The van der Waals surface area contributed by atoms with Gasteiger partial charge in [-0.3, -0.25) is 0 Å². The smallest absolute Gasteiger partial charge is 0.177 e. The van der Waals surface area contributed by atoms with Crippen molar-refractivity contribution in [2.75, 3.05) is 12.8 Å². The van der Waals surface area contributed by atoms with Crippen molar-refractivity contribution in [1.82, 2.24) is 15.3 Å². The molecule has 0 amide bonds. The van der Waals surface area contributed by atoms with Gasteiger partial charge < -0.3 is 10.3 Å². The number of nitrogens with zero attached hydrogens (tertiary/aromatic N) is 1. The highest BCUT2D eigenvalue weighted by molar-refractivity contribution is 7.91. The number of aromatic amines is 1. The number of para-hydroxylation sites is 1. The lowest BCUT2D eigenvalue weighted by molar-refractivity contribution is 0.513. The van der Waals surface area contributed by atoms with E-state index >= 15 is 0 Å². The summed E-state index contributed by atoms with van der Waals surface area (Å²) in [5, 5.41) is 3.47. The average Bonchev–Trinajstić information content (AvgIpc) is 2.64. The maximum Gasteiger partial charge on any atom is 0.177 e. The lowest BCUT2D eigenvalue weighted by Gasteiger charge is -2.12. The third kappa shape index (κ3) is 2.58. The summed E-state index contributed by atoms with van der Waals surface area (Å²) in [6, 6.07) is 5.43. The summed E-state index contributed by atoms with van der Waals surface area (Å²) in [7, 11) is -3.26. The number of nitrogens with one attached hydrogen (secondary N) is 2. The van der Waals surface area contributed by atoms with Gasteiger partial charge in [0.05, 0.1) is 16.5 Å². The Hall–Kier alpha value is -1.40. The van der Waals surface area contributed by atoms with Crippen LogP contribution in [-0.4, -0.2) is 31.2 Å². The minimum absolute atomic E-state index is 0.192. The molecule has 0 radical (unpaired) electrons. The molecular weight excluding hydrogens is 274 g/mol. The van der Waals surface area contributed by atoms with Crippen LogP contribution in [-0.2, 0) is 9.84 Å². The second-order valence-corrected chi connectivity index (χ2v) is 7.39. The Kier molecular flexibility index (Phi) is 3.52. The molecule has 2 aromatic rings. The molecule has 108 valence electrons. The van der Waals surface area contributed by atoms with E-state index in [2.05, 4.69) is 15.3 Å². The Bertz CT molecular complexity index is 713. The first-order valence-electron chi connectivity index (χ1n) is 6.98. The van der Waals surface area contributed by atoms with E-state index in [0.29, 0.717) is 10.4 Å². The van der Waals surface area contributed by atoms with Gasteiger partial charge in [-0.05, 0) is 31.5 Å². The Morgan fingerprint density at radius 2 is 2.10 bits per heavy atom. The van der Waals surface area contributed by atoms with E-state index in [0.717, 1.165) is 24.3 Å². The van der Waals surface area contributed by atoms with Crippen LogP contribution in [0, 0.1) is 0 Å². The van der Waals surface area contributed by atoms with Crippen LogP contribution in [0.5, 0.6) is 0 Å². The minimum atomic E-state index is -3.26. The molecule has 1 aliphatic heterocycles. The Morgan fingerprint density at radius 3 is 2.90 bits per heavy atom. The van der Waals surface area contributed by atoms with Crippen molar-refractivity contribution in [1.29, 1.82) is 0 Å². The number of rotatable bonds is 2. The Morgan fingerprint density at radius 1 is 1.25 bits per heavy atom. The molecule has 2 N–H and O–H groups in total. The predicted octanol–water partition coefficient (Wildman–Crippen LogP) is 2.17. The number of imidazole rings is 1. The number of sulfone groups is 1. The maximum atomic E-state index is 11.8. The topological polar surface area (TPSA) is 74.8 Å². The first-order valence-corrected chi connectivity index (χ1v) is 8.87. The Balaban J connectivity index is 2.06. The molecule has 2 heterocycles. The standard InChI is InChI=1S/C14H19N3O2S/c1-20(18,19)12-8-5-7-10-13(12)17-14(16-10)11-6-3-2-4-9-15-11/h5,7-8,11,15H,2-4,6,9H2,1H3,(H,16,17). The summed E-state index contributed by atoms with van der Waals surface area (Å²) in [5.41, 5.74) is 1.34. The maximum absolute atomic E-state index is 11.8. The molecule has 1 atom stereocenters. The van der Waals surface area contributed by atoms with E-state index < -0.39 is 9.84 Å². The highest BCUT2D eigenvalue weighted by Crippen LogP contribution is 2.26. The van der Waals surface area contributed by atoms with Crippen molar-refractivity contribution in [3.63, 3.8) is 0 Å². The highest BCUT2D eigenvalue weighted by atomic mass is 32.2. The third-order valence-electron chi connectivity index (χ3n) is 3.78. The van der Waals surface area contributed by atoms with Gasteiger partial charge in [0.15, 0.2) is 9.84 Å². The van der Waals surface area contributed by atoms with E-state index in [9.17, 15) is 8.42 Å². The fourth-order valence-corrected chi connectivity index (χ4v) is 3.58. The number of H-pyrrole nitrogens is 1. The van der Waals surface area contributed by atoms with Crippen LogP contribution in [0.4, 0.5) is 0 Å². The lowest BCUT2D eigenvalue weighted by Crippen LogP contribution is -2.21. The molecule has 0 saturated carbocycles. The number of aromatic nitrogens is 2. The number of benzene rings is 1. The summed E-state index contributed by atoms with van der Waals surface area (Å²) >= 11 is 0. The van der Waals surface area contributed by atoms with Gasteiger partial charge in [0.1, 0.15) is 11.3 Å². The summed E-state index contributed by atoms with van der Waals surface area (Å²) in [6.45, 7) is 0.987. The number of hydrogen-bond donors (Lipinski definition) is 2. The van der Waals surface area contributed by atoms with Gasteiger partial charge in [0, 0.05) is 6.26 Å². The molecular formula is C14H19N3O2S. The molecule has 3 rings (SSSR count). The molecule has 0 spiro atoms. The van der Waals surface area contributed by atoms with Crippen LogP contribution in [0.25, 0.3) is 11.0 Å². The molecule has 1 aliphatic rings. The van der Waals surface area contributed by atoms with Crippen molar-refractivity contribution >= 4 is 20.9 Å². The summed E-state index contributed by atoms with van der Waals surface area (Å²) in [5.74, 6) is 0.845. The number of hydrogen-bond acceptors (Lipinski definition) is 4. The van der Waals surface area contributed by atoms with E-state index in [1.807, 2.05) is 6.07 Å².